The standard InChI is InChI=1S/C12H16Cl2O2/c1-8(16-2)6-10(15)7-9-4-3-5-11(13)12(9)14/h3-5,8,10,15H,6-7H2,1-2H3. The van der Waals surface area contributed by atoms with Crippen LogP contribution in [0.5, 0.6) is 0 Å². The fraction of sp³-hybridized carbons (Fsp3) is 0.500. The molecule has 90 valence electrons. The first-order valence-corrected chi connectivity index (χ1v) is 5.94. The lowest BCUT2D eigenvalue weighted by molar-refractivity contribution is 0.0565. The second-order valence-electron chi connectivity index (χ2n) is 3.85. The second kappa shape index (κ2) is 6.45. The van der Waals surface area contributed by atoms with Gasteiger partial charge in [-0.2, -0.15) is 0 Å². The van der Waals surface area contributed by atoms with Gasteiger partial charge in [-0.25, -0.2) is 0 Å². The highest BCUT2D eigenvalue weighted by Gasteiger charge is 2.13. The van der Waals surface area contributed by atoms with Crippen LogP contribution in [0.4, 0.5) is 0 Å². The molecule has 0 saturated heterocycles. The molecule has 0 amide bonds. The molecule has 2 unspecified atom stereocenters. The number of ether oxygens (including phenoxy) is 1. The highest BCUT2D eigenvalue weighted by Crippen LogP contribution is 2.26. The largest absolute Gasteiger partial charge is 0.393 e. The summed E-state index contributed by atoms with van der Waals surface area (Å²) < 4.78 is 5.09. The molecule has 2 nitrogen and oxygen atoms in total. The van der Waals surface area contributed by atoms with Crippen LogP contribution in [0.1, 0.15) is 18.9 Å². The van der Waals surface area contributed by atoms with E-state index in [1.807, 2.05) is 19.1 Å². The fourth-order valence-corrected chi connectivity index (χ4v) is 1.92. The predicted molar refractivity (Wildman–Crippen MR) is 67.3 cm³/mol. The normalized spacial score (nSPS) is 14.8. The van der Waals surface area contributed by atoms with E-state index >= 15 is 0 Å². The number of aliphatic hydroxyl groups is 1. The third-order valence-electron chi connectivity index (χ3n) is 2.49. The van der Waals surface area contributed by atoms with Crippen LogP contribution >= 0.6 is 23.2 Å². The Bertz CT molecular complexity index is 342. The van der Waals surface area contributed by atoms with Crippen molar-refractivity contribution in [2.45, 2.75) is 32.0 Å². The molecule has 0 bridgehead atoms. The lowest BCUT2D eigenvalue weighted by atomic mass is 10.0. The van der Waals surface area contributed by atoms with Crippen molar-refractivity contribution in [1.82, 2.24) is 0 Å². The summed E-state index contributed by atoms with van der Waals surface area (Å²) in [5.41, 5.74) is 0.866. The fourth-order valence-electron chi connectivity index (χ4n) is 1.52. The van der Waals surface area contributed by atoms with Crippen LogP contribution in [0.2, 0.25) is 10.0 Å². The third-order valence-corrected chi connectivity index (χ3v) is 3.35. The molecule has 2 atom stereocenters. The lowest BCUT2D eigenvalue weighted by Crippen LogP contribution is -2.19. The van der Waals surface area contributed by atoms with Crippen molar-refractivity contribution in [3.05, 3.63) is 33.8 Å². The van der Waals surface area contributed by atoms with Crippen molar-refractivity contribution in [2.75, 3.05) is 7.11 Å². The van der Waals surface area contributed by atoms with Gasteiger partial charge in [-0.05, 0) is 31.4 Å². The van der Waals surface area contributed by atoms with Crippen molar-refractivity contribution < 1.29 is 9.84 Å². The monoisotopic (exact) mass is 262 g/mol. The Morgan fingerprint density at radius 1 is 1.38 bits per heavy atom. The summed E-state index contributed by atoms with van der Waals surface area (Å²) in [7, 11) is 1.63. The van der Waals surface area contributed by atoms with Gasteiger partial charge in [0.2, 0.25) is 0 Å². The molecule has 0 spiro atoms. The van der Waals surface area contributed by atoms with Gasteiger partial charge < -0.3 is 9.84 Å². The smallest absolute Gasteiger partial charge is 0.0625 e. The van der Waals surface area contributed by atoms with Gasteiger partial charge in [-0.15, -0.1) is 0 Å². The summed E-state index contributed by atoms with van der Waals surface area (Å²) in [5.74, 6) is 0. The Morgan fingerprint density at radius 2 is 2.06 bits per heavy atom. The van der Waals surface area contributed by atoms with Gasteiger partial charge in [0.1, 0.15) is 0 Å². The molecule has 0 aliphatic carbocycles. The number of hydrogen-bond acceptors (Lipinski definition) is 2. The highest BCUT2D eigenvalue weighted by atomic mass is 35.5. The van der Waals surface area contributed by atoms with Crippen LogP contribution in [0, 0.1) is 0 Å². The van der Waals surface area contributed by atoms with Gasteiger partial charge in [-0.3, -0.25) is 0 Å². The maximum absolute atomic E-state index is 9.84. The summed E-state index contributed by atoms with van der Waals surface area (Å²) in [6.07, 6.45) is 0.644. The zero-order valence-electron chi connectivity index (χ0n) is 9.41. The zero-order valence-corrected chi connectivity index (χ0v) is 10.9. The molecule has 1 aromatic rings. The highest BCUT2D eigenvalue weighted by molar-refractivity contribution is 6.42. The van der Waals surface area contributed by atoms with E-state index in [0.29, 0.717) is 22.9 Å². The van der Waals surface area contributed by atoms with Crippen molar-refractivity contribution in [3.8, 4) is 0 Å². The van der Waals surface area contributed by atoms with Crippen LogP contribution in [-0.4, -0.2) is 24.4 Å². The van der Waals surface area contributed by atoms with E-state index in [2.05, 4.69) is 0 Å². The van der Waals surface area contributed by atoms with Crippen LogP contribution in [-0.2, 0) is 11.2 Å². The molecule has 4 heteroatoms. The molecule has 1 N–H and O–H groups in total. The summed E-state index contributed by atoms with van der Waals surface area (Å²) in [4.78, 5) is 0. The Hall–Kier alpha value is -0.280. The molecular formula is C12H16Cl2O2. The van der Waals surface area contributed by atoms with Gasteiger partial charge in [-0.1, -0.05) is 35.3 Å². The Balaban J connectivity index is 2.62. The topological polar surface area (TPSA) is 29.5 Å². The Morgan fingerprint density at radius 3 is 2.69 bits per heavy atom. The Labute approximate surface area is 106 Å². The maximum Gasteiger partial charge on any atom is 0.0625 e. The first kappa shape index (κ1) is 13.8. The van der Waals surface area contributed by atoms with Gasteiger partial charge in [0, 0.05) is 7.11 Å². The summed E-state index contributed by atoms with van der Waals surface area (Å²) in [6.45, 7) is 1.92. The van der Waals surface area contributed by atoms with Crippen molar-refractivity contribution in [2.24, 2.45) is 0 Å². The van der Waals surface area contributed by atoms with Crippen molar-refractivity contribution in [3.63, 3.8) is 0 Å². The first-order chi connectivity index (χ1) is 7.54. The minimum absolute atomic E-state index is 0.0351. The summed E-state index contributed by atoms with van der Waals surface area (Å²) in [6, 6.07) is 5.43. The number of benzene rings is 1. The minimum Gasteiger partial charge on any atom is -0.393 e. The third kappa shape index (κ3) is 3.95. The molecule has 0 radical (unpaired) electrons. The molecule has 0 aliphatic heterocycles. The quantitative estimate of drug-likeness (QED) is 0.883. The average Bonchev–Trinajstić information content (AvgIpc) is 2.24. The molecule has 0 saturated carbocycles. The van der Waals surface area contributed by atoms with E-state index in [-0.39, 0.29) is 6.10 Å². The molecule has 16 heavy (non-hydrogen) atoms. The van der Waals surface area contributed by atoms with Crippen LogP contribution in [0.15, 0.2) is 18.2 Å². The summed E-state index contributed by atoms with van der Waals surface area (Å²) >= 11 is 11.9. The molecule has 0 fully saturated rings. The molecule has 0 heterocycles. The van der Waals surface area contributed by atoms with Crippen molar-refractivity contribution >= 4 is 23.2 Å². The number of methoxy groups -OCH3 is 1. The molecule has 1 rings (SSSR count). The van der Waals surface area contributed by atoms with E-state index in [4.69, 9.17) is 27.9 Å². The minimum atomic E-state index is -0.467. The van der Waals surface area contributed by atoms with E-state index in [9.17, 15) is 5.11 Å². The van der Waals surface area contributed by atoms with Crippen LogP contribution < -0.4 is 0 Å². The van der Waals surface area contributed by atoms with Gasteiger partial charge >= 0.3 is 0 Å². The van der Waals surface area contributed by atoms with E-state index < -0.39 is 6.10 Å². The Kier molecular flexibility index (Phi) is 5.56. The van der Waals surface area contributed by atoms with E-state index in [1.165, 1.54) is 0 Å². The number of hydrogen-bond donors (Lipinski definition) is 1. The number of halogens is 2. The molecular weight excluding hydrogens is 247 g/mol. The van der Waals surface area contributed by atoms with Gasteiger partial charge in [0.05, 0.1) is 22.3 Å². The van der Waals surface area contributed by atoms with Gasteiger partial charge in [0.25, 0.3) is 0 Å². The maximum atomic E-state index is 9.84. The van der Waals surface area contributed by atoms with Crippen molar-refractivity contribution in [1.29, 1.82) is 0 Å². The molecule has 0 aliphatic rings. The first-order valence-electron chi connectivity index (χ1n) is 5.18. The number of rotatable bonds is 5. The average molecular weight is 263 g/mol. The van der Waals surface area contributed by atoms with Crippen LogP contribution in [0.3, 0.4) is 0 Å². The zero-order chi connectivity index (χ0) is 12.1. The SMILES string of the molecule is COC(C)CC(O)Cc1cccc(Cl)c1Cl. The van der Waals surface area contributed by atoms with E-state index in [0.717, 1.165) is 5.56 Å². The van der Waals surface area contributed by atoms with Crippen LogP contribution in [0.25, 0.3) is 0 Å². The summed E-state index contributed by atoms with van der Waals surface area (Å²) in [5, 5.41) is 10.9. The molecule has 0 aromatic heterocycles. The second-order valence-corrected chi connectivity index (χ2v) is 4.64. The number of aliphatic hydroxyl groups excluding tert-OH is 1. The predicted octanol–water partition coefficient (Wildman–Crippen LogP) is 3.32. The van der Waals surface area contributed by atoms with E-state index in [1.54, 1.807) is 13.2 Å². The lowest BCUT2D eigenvalue weighted by Gasteiger charge is -2.16. The molecule has 1 aromatic carbocycles. The van der Waals surface area contributed by atoms with Gasteiger partial charge in [0.15, 0.2) is 0 Å².